The molecule has 7 rings (SSSR count). The number of aromatic amines is 1. The lowest BCUT2D eigenvalue weighted by molar-refractivity contribution is -0.274. The summed E-state index contributed by atoms with van der Waals surface area (Å²) in [6.45, 7) is 12.2. The first-order valence-corrected chi connectivity index (χ1v) is 20.5. The number of nitrogens with zero attached hydrogens (tertiary/aromatic N) is 5. The Morgan fingerprint density at radius 3 is 2.30 bits per heavy atom. The smallest absolute Gasteiger partial charge is 0.453 e. The van der Waals surface area contributed by atoms with Crippen molar-refractivity contribution in [3.8, 4) is 28.1 Å². The van der Waals surface area contributed by atoms with Crippen molar-refractivity contribution in [1.29, 1.82) is 0 Å². The van der Waals surface area contributed by atoms with Gasteiger partial charge < -0.3 is 39.8 Å². The van der Waals surface area contributed by atoms with Gasteiger partial charge >= 0.3 is 12.5 Å². The summed E-state index contributed by atoms with van der Waals surface area (Å²) in [7, 11) is 1.24. The molecule has 0 bridgehead atoms. The van der Waals surface area contributed by atoms with E-state index in [-0.39, 0.29) is 58.0 Å². The molecule has 4 amide bonds. The zero-order valence-electron chi connectivity index (χ0n) is 35.0. The predicted molar refractivity (Wildman–Crippen MR) is 221 cm³/mol. The molecule has 2 unspecified atom stereocenters. The highest BCUT2D eigenvalue weighted by atomic mass is 19.4. The Morgan fingerprint density at radius 1 is 0.951 bits per heavy atom. The molecule has 0 radical (unpaired) electrons. The summed E-state index contributed by atoms with van der Waals surface area (Å²) in [5.41, 5.74) is 2.29. The van der Waals surface area contributed by atoms with Gasteiger partial charge in [-0.15, -0.1) is 13.2 Å². The van der Waals surface area contributed by atoms with Gasteiger partial charge in [0.1, 0.15) is 23.4 Å². The Bertz CT molecular complexity index is 2260. The number of methoxy groups -OCH3 is 1. The minimum atomic E-state index is -5.01. The molecule has 1 aliphatic carbocycles. The number of hydrogen-bond donors (Lipinski definition) is 3. The first kappa shape index (κ1) is 43.0. The van der Waals surface area contributed by atoms with Crippen LogP contribution in [-0.2, 0) is 14.3 Å². The summed E-state index contributed by atoms with van der Waals surface area (Å²) in [5, 5.41) is 5.29. The van der Waals surface area contributed by atoms with E-state index in [1.807, 2.05) is 25.7 Å². The van der Waals surface area contributed by atoms with Crippen molar-refractivity contribution in [3.63, 3.8) is 0 Å². The highest BCUT2D eigenvalue weighted by Crippen LogP contribution is 2.52. The highest BCUT2D eigenvalue weighted by molar-refractivity contribution is 6.04. The Morgan fingerprint density at radius 2 is 1.67 bits per heavy atom. The average Bonchev–Trinajstić information content (AvgIpc) is 3.56. The summed E-state index contributed by atoms with van der Waals surface area (Å²) < 4.78 is 50.2. The minimum absolute atomic E-state index is 0.0151. The van der Waals surface area contributed by atoms with Crippen molar-refractivity contribution >= 4 is 35.3 Å². The Balaban J connectivity index is 1.01. The molecule has 17 heteroatoms. The molecule has 1 saturated carbocycles. The molecule has 3 aliphatic rings. The van der Waals surface area contributed by atoms with Crippen molar-refractivity contribution in [2.45, 2.75) is 78.4 Å². The van der Waals surface area contributed by atoms with Crippen molar-refractivity contribution in [1.82, 2.24) is 30.1 Å². The number of carbonyl (C=O) groups excluding carboxylic acids is 4. The van der Waals surface area contributed by atoms with Gasteiger partial charge in [-0.1, -0.05) is 52.0 Å². The van der Waals surface area contributed by atoms with Crippen LogP contribution in [0.1, 0.15) is 76.1 Å². The largest absolute Gasteiger partial charge is 0.573 e. The summed E-state index contributed by atoms with van der Waals surface area (Å²) in [4.78, 5) is 69.8. The second-order valence-electron chi connectivity index (χ2n) is 17.0. The van der Waals surface area contributed by atoms with Crippen molar-refractivity contribution in [2.75, 3.05) is 43.5 Å². The molecule has 0 spiro atoms. The van der Waals surface area contributed by atoms with E-state index in [0.717, 1.165) is 18.9 Å². The van der Waals surface area contributed by atoms with E-state index in [1.165, 1.54) is 25.4 Å². The second-order valence-corrected chi connectivity index (χ2v) is 17.0. The van der Waals surface area contributed by atoms with E-state index >= 15 is 0 Å². The number of ether oxygens (including phenoxy) is 2. The molecule has 61 heavy (non-hydrogen) atoms. The van der Waals surface area contributed by atoms with Crippen molar-refractivity contribution in [2.24, 2.45) is 17.3 Å². The van der Waals surface area contributed by atoms with Gasteiger partial charge in [-0.3, -0.25) is 14.4 Å². The fraction of sp³-hybridized carbons (Fsp3) is 0.455. The number of hydrogen-bond acceptors (Lipinski definition) is 9. The van der Waals surface area contributed by atoms with Gasteiger partial charge in [-0.2, -0.15) is 0 Å². The summed E-state index contributed by atoms with van der Waals surface area (Å²) in [6.07, 6.45) is -0.310. The normalized spacial score (nSPS) is 20.3. The van der Waals surface area contributed by atoms with Gasteiger partial charge in [-0.05, 0) is 72.9 Å². The van der Waals surface area contributed by atoms with E-state index in [1.54, 1.807) is 47.5 Å². The number of carbonyl (C=O) groups is 4. The standard InChI is InChI=1S/C44H51F3N8O6/c1-25(2)37(52-42(59)60-6)41(58)55-17-7-8-34(55)38-49-23-33(51-38)28-11-9-27(10-12-28)31-15-14-30(20-35(31)61-44(45,46)47)50-39(56)29-13-16-36(48-22-29)54-19-18-53(24-26(54)3)40(57)32-21-43(32,4)5/h9-16,20,22-23,25-26,32,34,37H,7-8,17-19,21,24H2,1-6H3,(H,49,51)(H,50,56)(H,52,59)/t26?,32-,34?,37+/m1/s1. The number of nitrogens with one attached hydrogen (secondary N) is 3. The quantitative estimate of drug-likeness (QED) is 0.140. The van der Waals surface area contributed by atoms with Gasteiger partial charge in [-0.25, -0.2) is 14.8 Å². The molecule has 2 aromatic carbocycles. The zero-order chi connectivity index (χ0) is 43.8. The lowest BCUT2D eigenvalue weighted by Crippen LogP contribution is -2.54. The van der Waals surface area contributed by atoms with Gasteiger partial charge in [0.25, 0.3) is 5.91 Å². The number of halogens is 3. The molecular formula is C44H51F3N8O6. The third kappa shape index (κ3) is 9.60. The van der Waals surface area contributed by atoms with Crippen molar-refractivity contribution in [3.05, 3.63) is 78.4 Å². The van der Waals surface area contributed by atoms with Gasteiger partial charge in [0, 0.05) is 61.7 Å². The fourth-order valence-electron chi connectivity index (χ4n) is 8.22. The molecule has 2 aromatic heterocycles. The van der Waals surface area contributed by atoms with E-state index in [9.17, 15) is 32.3 Å². The molecule has 3 N–H and O–H groups in total. The van der Waals surface area contributed by atoms with Crippen LogP contribution in [-0.4, -0.2) is 100 Å². The minimum Gasteiger partial charge on any atom is -0.453 e. The van der Waals surface area contributed by atoms with Gasteiger partial charge in [0.15, 0.2) is 0 Å². The maximum Gasteiger partial charge on any atom is 0.573 e. The average molecular weight is 845 g/mol. The van der Waals surface area contributed by atoms with E-state index in [0.29, 0.717) is 61.1 Å². The molecule has 2 aliphatic heterocycles. The molecule has 324 valence electrons. The SMILES string of the molecule is COC(=O)N[C@H](C(=O)N1CCCC1c1ncc(-c2ccc(-c3ccc(NC(=O)c4ccc(N5CCN(C(=O)[C@H]6CC6(C)C)CC5C)nc4)cc3OC(F)(F)F)cc2)[nH]1)C(C)C. The summed E-state index contributed by atoms with van der Waals surface area (Å²) >= 11 is 0. The molecule has 3 fully saturated rings. The maximum absolute atomic E-state index is 13.7. The predicted octanol–water partition coefficient (Wildman–Crippen LogP) is 7.42. The van der Waals surface area contributed by atoms with Crippen LogP contribution in [0, 0.1) is 17.3 Å². The van der Waals surface area contributed by atoms with Gasteiger partial charge in [0.2, 0.25) is 11.8 Å². The molecular weight excluding hydrogens is 794 g/mol. The number of H-pyrrole nitrogens is 1. The Kier molecular flexibility index (Phi) is 12.0. The number of anilines is 2. The number of amides is 4. The van der Waals surface area contributed by atoms with Crippen molar-refractivity contribution < 1.29 is 41.8 Å². The zero-order valence-corrected chi connectivity index (χ0v) is 35.0. The van der Waals surface area contributed by atoms with Crippen LogP contribution in [0.3, 0.4) is 0 Å². The van der Waals surface area contributed by atoms with E-state index in [2.05, 4.69) is 49.1 Å². The number of piperazine rings is 1. The number of rotatable bonds is 11. The van der Waals surface area contributed by atoms with Crippen LogP contribution in [0.15, 0.2) is 67.0 Å². The fourth-order valence-corrected chi connectivity index (χ4v) is 8.22. The summed E-state index contributed by atoms with van der Waals surface area (Å²) in [5.74, 6) is 0.0251. The number of alkyl carbamates (subject to hydrolysis) is 1. The monoisotopic (exact) mass is 844 g/mol. The number of imidazole rings is 1. The van der Waals surface area contributed by atoms with Crippen LogP contribution in [0.25, 0.3) is 22.4 Å². The molecule has 14 nitrogen and oxygen atoms in total. The number of likely N-dealkylation sites (tertiary alicyclic amines) is 1. The number of benzene rings is 2. The Labute approximate surface area is 352 Å². The molecule has 2 saturated heterocycles. The number of pyridine rings is 1. The summed E-state index contributed by atoms with van der Waals surface area (Å²) in [6, 6.07) is 13.1. The van der Waals surface area contributed by atoms with Crippen LogP contribution in [0.2, 0.25) is 0 Å². The number of alkyl halides is 3. The highest BCUT2D eigenvalue weighted by Gasteiger charge is 2.52. The third-order valence-corrected chi connectivity index (χ3v) is 11.9. The van der Waals surface area contributed by atoms with E-state index in [4.69, 9.17) is 4.74 Å². The Hall–Kier alpha value is -6.13. The van der Waals surface area contributed by atoms with E-state index < -0.39 is 30.2 Å². The molecule has 4 heterocycles. The van der Waals surface area contributed by atoms with Crippen LogP contribution >= 0.6 is 0 Å². The maximum atomic E-state index is 13.7. The molecule has 4 atom stereocenters. The first-order valence-electron chi connectivity index (χ1n) is 20.5. The van der Waals surface area contributed by atoms with Gasteiger partial charge in [0.05, 0.1) is 30.6 Å². The van der Waals surface area contributed by atoms with Crippen LogP contribution in [0.4, 0.5) is 29.5 Å². The second kappa shape index (κ2) is 17.1. The lowest BCUT2D eigenvalue weighted by atomic mass is 10.0. The topological polar surface area (TPSA) is 162 Å². The van der Waals surface area contributed by atoms with Crippen LogP contribution in [0.5, 0.6) is 5.75 Å². The first-order chi connectivity index (χ1) is 28.9. The molecule has 4 aromatic rings. The lowest BCUT2D eigenvalue weighted by Gasteiger charge is -2.40. The number of aromatic nitrogens is 3. The third-order valence-electron chi connectivity index (χ3n) is 11.9. The van der Waals surface area contributed by atoms with Crippen LogP contribution < -0.4 is 20.3 Å².